The molecule has 1 aromatic rings. The van der Waals surface area contributed by atoms with Gasteiger partial charge in [0.25, 0.3) is 0 Å². The molecule has 0 fully saturated rings. The van der Waals surface area contributed by atoms with Gasteiger partial charge in [0, 0.05) is 0 Å². The molecule has 0 aliphatic rings. The van der Waals surface area contributed by atoms with E-state index in [0.29, 0.717) is 0 Å². The fraction of sp³-hybridized carbons (Fsp3) is 0.667. The average molecular weight is 262 g/mol. The zero-order valence-corrected chi connectivity index (χ0v) is 13.2. The van der Waals surface area contributed by atoms with Crippen LogP contribution in [0.15, 0.2) is 30.3 Å². The first-order valence-electron chi connectivity index (χ1n) is 8.00. The number of hydrogen-bond acceptors (Lipinski definition) is 0. The van der Waals surface area contributed by atoms with Crippen LogP contribution in [0, 0.1) is 0 Å². The minimum atomic E-state index is 1.19. The van der Waals surface area contributed by atoms with E-state index in [-0.39, 0.29) is 0 Å². The molecule has 0 spiro atoms. The van der Waals surface area contributed by atoms with E-state index in [1.807, 2.05) is 0 Å². The topological polar surface area (TPSA) is 0 Å². The molecule has 1 aromatic carbocycles. The molecule has 0 aliphatic heterocycles. The summed E-state index contributed by atoms with van der Waals surface area (Å²) < 4.78 is 1.19. The Kier molecular flexibility index (Phi) is 7.81. The molecule has 0 heterocycles. The van der Waals surface area contributed by atoms with Gasteiger partial charge in [-0.15, -0.1) is 0 Å². The van der Waals surface area contributed by atoms with Crippen LogP contribution < -0.4 is 0 Å². The molecule has 0 radical (unpaired) electrons. The lowest BCUT2D eigenvalue weighted by molar-refractivity contribution is -0.890. The molecule has 1 nitrogen and oxygen atoms in total. The van der Waals surface area contributed by atoms with Crippen molar-refractivity contribution in [1.82, 2.24) is 0 Å². The van der Waals surface area contributed by atoms with Crippen molar-refractivity contribution < 1.29 is 4.48 Å². The van der Waals surface area contributed by atoms with Crippen molar-refractivity contribution in [2.24, 2.45) is 0 Å². The molecule has 19 heavy (non-hydrogen) atoms. The molecule has 1 rings (SSSR count). The normalized spacial score (nSPS) is 11.7. The van der Waals surface area contributed by atoms with Crippen LogP contribution in [-0.4, -0.2) is 31.7 Å². The molecule has 0 bridgehead atoms. The van der Waals surface area contributed by atoms with Crippen LogP contribution in [0.25, 0.3) is 0 Å². The van der Waals surface area contributed by atoms with E-state index in [1.54, 1.807) is 0 Å². The Labute approximate surface area is 120 Å². The highest BCUT2D eigenvalue weighted by molar-refractivity contribution is 5.14. The Balaban J connectivity index is 2.10. The molecule has 1 heteroatoms. The van der Waals surface area contributed by atoms with E-state index in [2.05, 4.69) is 51.4 Å². The summed E-state index contributed by atoms with van der Waals surface area (Å²) in [5.41, 5.74) is 1.48. The molecule has 0 amide bonds. The lowest BCUT2D eigenvalue weighted by Crippen LogP contribution is -2.41. The minimum Gasteiger partial charge on any atom is -0.328 e. The second-order valence-electron chi connectivity index (χ2n) is 6.39. The maximum atomic E-state index is 2.38. The highest BCUT2D eigenvalue weighted by Crippen LogP contribution is 2.09. The number of benzene rings is 1. The van der Waals surface area contributed by atoms with Crippen molar-refractivity contribution in [3.05, 3.63) is 35.9 Å². The van der Waals surface area contributed by atoms with Crippen molar-refractivity contribution in [3.8, 4) is 0 Å². The number of hydrogen-bond donors (Lipinski definition) is 0. The van der Waals surface area contributed by atoms with Crippen LogP contribution in [0.1, 0.15) is 51.0 Å². The van der Waals surface area contributed by atoms with Crippen LogP contribution in [-0.2, 0) is 6.42 Å². The van der Waals surface area contributed by atoms with E-state index < -0.39 is 0 Å². The molecule has 0 N–H and O–H groups in total. The molecule has 0 unspecified atom stereocenters. The Morgan fingerprint density at radius 3 is 2.05 bits per heavy atom. The van der Waals surface area contributed by atoms with Gasteiger partial charge in [-0.25, -0.2) is 0 Å². The van der Waals surface area contributed by atoms with E-state index in [9.17, 15) is 0 Å². The summed E-state index contributed by atoms with van der Waals surface area (Å²) >= 11 is 0. The van der Waals surface area contributed by atoms with Crippen molar-refractivity contribution in [3.63, 3.8) is 0 Å². The van der Waals surface area contributed by atoms with Gasteiger partial charge in [0.05, 0.1) is 27.2 Å². The zero-order chi connectivity index (χ0) is 14.0. The second kappa shape index (κ2) is 9.14. The van der Waals surface area contributed by atoms with Gasteiger partial charge in [-0.1, -0.05) is 50.1 Å². The molecule has 0 saturated heterocycles. The Bertz CT molecular complexity index is 316. The number of unbranched alkanes of at least 4 members (excludes halogenated alkanes) is 4. The molecular formula is C18H32N+. The fourth-order valence-electron chi connectivity index (χ4n) is 2.59. The summed E-state index contributed by atoms with van der Waals surface area (Å²) in [6.45, 7) is 4.94. The SMILES string of the molecule is CCCCCC[N+](C)(C)CCCCc1ccccc1. The third-order valence-corrected chi connectivity index (χ3v) is 3.94. The smallest absolute Gasteiger partial charge is 0.0782 e. The Hall–Kier alpha value is -0.820. The first-order valence-corrected chi connectivity index (χ1v) is 8.00. The van der Waals surface area contributed by atoms with Gasteiger partial charge in [0.2, 0.25) is 0 Å². The highest BCUT2D eigenvalue weighted by atomic mass is 15.3. The average Bonchev–Trinajstić information content (AvgIpc) is 2.41. The van der Waals surface area contributed by atoms with Gasteiger partial charge in [0.1, 0.15) is 0 Å². The van der Waals surface area contributed by atoms with Crippen molar-refractivity contribution >= 4 is 0 Å². The van der Waals surface area contributed by atoms with Crippen molar-refractivity contribution in [2.45, 2.75) is 51.9 Å². The van der Waals surface area contributed by atoms with E-state index >= 15 is 0 Å². The predicted molar refractivity (Wildman–Crippen MR) is 85.4 cm³/mol. The van der Waals surface area contributed by atoms with Crippen LogP contribution >= 0.6 is 0 Å². The predicted octanol–water partition coefficient (Wildman–Crippen LogP) is 4.67. The summed E-state index contributed by atoms with van der Waals surface area (Å²) in [4.78, 5) is 0. The summed E-state index contributed by atoms with van der Waals surface area (Å²) in [6.07, 6.45) is 9.42. The van der Waals surface area contributed by atoms with E-state index in [0.717, 1.165) is 0 Å². The van der Waals surface area contributed by atoms with Crippen molar-refractivity contribution in [2.75, 3.05) is 27.2 Å². The zero-order valence-electron chi connectivity index (χ0n) is 13.2. The van der Waals surface area contributed by atoms with Gasteiger partial charge in [0.15, 0.2) is 0 Å². The van der Waals surface area contributed by atoms with Crippen LogP contribution in [0.5, 0.6) is 0 Å². The standard InChI is InChI=1S/C18H32N/c1-4-5-6-11-16-19(2,3)17-12-10-15-18-13-8-7-9-14-18/h7-9,13-14H,4-6,10-12,15-17H2,1-3H3/q+1. The van der Waals surface area contributed by atoms with Gasteiger partial charge in [-0.3, -0.25) is 0 Å². The Morgan fingerprint density at radius 2 is 1.42 bits per heavy atom. The summed E-state index contributed by atoms with van der Waals surface area (Å²) in [5, 5.41) is 0. The third-order valence-electron chi connectivity index (χ3n) is 3.94. The molecule has 108 valence electrons. The van der Waals surface area contributed by atoms with E-state index in [1.165, 1.54) is 68.1 Å². The third kappa shape index (κ3) is 8.05. The highest BCUT2D eigenvalue weighted by Gasteiger charge is 2.13. The van der Waals surface area contributed by atoms with Crippen LogP contribution in [0.4, 0.5) is 0 Å². The Morgan fingerprint density at radius 1 is 0.789 bits per heavy atom. The van der Waals surface area contributed by atoms with Crippen LogP contribution in [0.2, 0.25) is 0 Å². The maximum Gasteiger partial charge on any atom is 0.0782 e. The monoisotopic (exact) mass is 262 g/mol. The largest absolute Gasteiger partial charge is 0.328 e. The lowest BCUT2D eigenvalue weighted by Gasteiger charge is -2.30. The van der Waals surface area contributed by atoms with Gasteiger partial charge in [-0.2, -0.15) is 0 Å². The fourth-order valence-corrected chi connectivity index (χ4v) is 2.59. The number of aryl methyl sites for hydroxylation is 1. The molecule has 0 aromatic heterocycles. The van der Waals surface area contributed by atoms with Gasteiger partial charge in [-0.05, 0) is 37.7 Å². The molecule has 0 aliphatic carbocycles. The van der Waals surface area contributed by atoms with E-state index in [4.69, 9.17) is 0 Å². The second-order valence-corrected chi connectivity index (χ2v) is 6.39. The summed E-state index contributed by atoms with van der Waals surface area (Å²) in [6, 6.07) is 10.9. The van der Waals surface area contributed by atoms with Crippen molar-refractivity contribution in [1.29, 1.82) is 0 Å². The maximum absolute atomic E-state index is 2.38. The summed E-state index contributed by atoms with van der Waals surface area (Å²) in [5.74, 6) is 0. The molecule has 0 atom stereocenters. The van der Waals surface area contributed by atoms with Crippen LogP contribution in [0.3, 0.4) is 0 Å². The first-order chi connectivity index (χ1) is 9.14. The van der Waals surface area contributed by atoms with Gasteiger partial charge < -0.3 is 4.48 Å². The number of quaternary nitrogens is 1. The quantitative estimate of drug-likeness (QED) is 0.425. The molecule has 0 saturated carbocycles. The van der Waals surface area contributed by atoms with Gasteiger partial charge >= 0.3 is 0 Å². The lowest BCUT2D eigenvalue weighted by atomic mass is 10.1. The number of nitrogens with zero attached hydrogens (tertiary/aromatic N) is 1. The molecular weight excluding hydrogens is 230 g/mol. The number of rotatable bonds is 10. The summed E-state index contributed by atoms with van der Waals surface area (Å²) in [7, 11) is 4.77. The minimum absolute atomic E-state index is 1.19. The first kappa shape index (κ1) is 16.2.